The van der Waals surface area contributed by atoms with Crippen molar-refractivity contribution in [2.75, 3.05) is 13.2 Å². The zero-order chi connectivity index (χ0) is 59.9. The van der Waals surface area contributed by atoms with Gasteiger partial charge in [0.15, 0.2) is 0 Å². The normalized spacial score (nSPS) is 12.5. The summed E-state index contributed by atoms with van der Waals surface area (Å²) < 4.78 is 5.49. The van der Waals surface area contributed by atoms with Gasteiger partial charge in [-0.15, -0.1) is 0 Å². The zero-order valence-electron chi connectivity index (χ0n) is 56.7. The van der Waals surface area contributed by atoms with Gasteiger partial charge in [-0.3, -0.25) is 9.59 Å². The van der Waals surface area contributed by atoms with E-state index in [0.29, 0.717) is 25.9 Å². The molecule has 6 heteroatoms. The minimum atomic E-state index is -0.663. The molecular formula is C77H151NO5. The van der Waals surface area contributed by atoms with Crippen molar-refractivity contribution in [3.05, 3.63) is 12.2 Å². The Morgan fingerprint density at radius 1 is 0.325 bits per heavy atom. The van der Waals surface area contributed by atoms with Crippen molar-refractivity contribution in [3.63, 3.8) is 0 Å². The lowest BCUT2D eigenvalue weighted by Crippen LogP contribution is -2.45. The number of carbonyl (C=O) groups is 2. The van der Waals surface area contributed by atoms with E-state index in [9.17, 15) is 19.8 Å². The number of aliphatic hydroxyl groups excluding tert-OH is 2. The first kappa shape index (κ1) is 81.6. The number of hydrogen-bond donors (Lipinski definition) is 3. The van der Waals surface area contributed by atoms with Crippen LogP contribution in [0.2, 0.25) is 0 Å². The fourth-order valence-electron chi connectivity index (χ4n) is 12.5. The van der Waals surface area contributed by atoms with Gasteiger partial charge in [-0.1, -0.05) is 392 Å². The van der Waals surface area contributed by atoms with Gasteiger partial charge in [0.25, 0.3) is 0 Å². The van der Waals surface area contributed by atoms with Gasteiger partial charge >= 0.3 is 5.97 Å². The van der Waals surface area contributed by atoms with Crippen molar-refractivity contribution >= 4 is 11.9 Å². The molecule has 0 aliphatic heterocycles. The molecule has 0 fully saturated rings. The van der Waals surface area contributed by atoms with Crippen molar-refractivity contribution in [2.45, 2.75) is 456 Å². The average Bonchev–Trinajstić information content (AvgIpc) is 3.48. The Morgan fingerprint density at radius 2 is 0.566 bits per heavy atom. The Kier molecular flexibility index (Phi) is 71.8. The highest BCUT2D eigenvalue weighted by Crippen LogP contribution is 2.20. The van der Waals surface area contributed by atoms with Crippen LogP contribution in [-0.4, -0.2) is 47.4 Å². The summed E-state index contributed by atoms with van der Waals surface area (Å²) in [5, 5.41) is 23.5. The molecule has 0 spiro atoms. The molecule has 0 heterocycles. The summed E-state index contributed by atoms with van der Waals surface area (Å²) in [5.41, 5.74) is 0. The third-order valence-corrected chi connectivity index (χ3v) is 18.3. The predicted molar refractivity (Wildman–Crippen MR) is 366 cm³/mol. The number of unbranched alkanes of at least 4 members (excludes halogenated alkanes) is 60. The lowest BCUT2D eigenvalue weighted by molar-refractivity contribution is -0.143. The number of rotatable bonds is 73. The zero-order valence-corrected chi connectivity index (χ0v) is 56.7. The van der Waals surface area contributed by atoms with Gasteiger partial charge in [0.2, 0.25) is 5.91 Å². The summed E-state index contributed by atoms with van der Waals surface area (Å²) >= 11 is 0. The molecule has 494 valence electrons. The van der Waals surface area contributed by atoms with E-state index in [2.05, 4.69) is 31.3 Å². The number of aliphatic hydroxyl groups is 2. The number of hydrogen-bond acceptors (Lipinski definition) is 5. The van der Waals surface area contributed by atoms with Gasteiger partial charge in [0, 0.05) is 12.8 Å². The molecule has 2 unspecified atom stereocenters. The maximum absolute atomic E-state index is 12.6. The molecule has 0 aliphatic carbocycles. The summed E-state index contributed by atoms with van der Waals surface area (Å²) in [7, 11) is 0. The lowest BCUT2D eigenvalue weighted by atomic mass is 10.0. The van der Waals surface area contributed by atoms with E-state index in [1.165, 1.54) is 366 Å². The SMILES string of the molecule is CCCCCC/C=C\CCCCCCCC(=O)OCCCCCCCCCCCCCCCCCCCCCCCCCCCCCCC(=O)NC(CO)C(O)CCCCCCCCCCCCCCCCCCCCCCCCCCC. The van der Waals surface area contributed by atoms with Gasteiger partial charge in [0.1, 0.15) is 0 Å². The Hall–Kier alpha value is -1.40. The minimum Gasteiger partial charge on any atom is -0.466 e. The largest absolute Gasteiger partial charge is 0.466 e. The van der Waals surface area contributed by atoms with E-state index in [4.69, 9.17) is 4.74 Å². The standard InChI is InChI=1S/C77H151NO5/c1-3-5-7-9-11-13-15-17-18-19-20-21-22-27-30-33-36-39-42-46-49-53-57-61-65-69-75(80)74(73-79)78-76(81)70-66-62-58-54-50-47-43-40-37-34-31-28-25-23-24-26-29-32-35-38-41-44-48-52-56-60-64-68-72-83-77(82)71-67-63-59-55-51-45-16-14-12-10-8-6-4-2/h14,16,74-75,79-80H,3-13,15,17-73H2,1-2H3,(H,78,81)/b16-14-. The summed E-state index contributed by atoms with van der Waals surface area (Å²) in [6.45, 7) is 4.99. The Morgan fingerprint density at radius 3 is 0.867 bits per heavy atom. The van der Waals surface area contributed by atoms with Gasteiger partial charge in [-0.05, 0) is 51.4 Å². The molecular weight excluding hydrogens is 1020 g/mol. The number of esters is 1. The van der Waals surface area contributed by atoms with E-state index < -0.39 is 12.1 Å². The second-order valence-corrected chi connectivity index (χ2v) is 26.7. The molecule has 0 saturated heterocycles. The fourth-order valence-corrected chi connectivity index (χ4v) is 12.5. The highest BCUT2D eigenvalue weighted by molar-refractivity contribution is 5.76. The van der Waals surface area contributed by atoms with E-state index in [0.717, 1.165) is 44.9 Å². The van der Waals surface area contributed by atoms with Gasteiger partial charge in [0.05, 0.1) is 25.4 Å². The van der Waals surface area contributed by atoms with Gasteiger partial charge in [-0.2, -0.15) is 0 Å². The van der Waals surface area contributed by atoms with Crippen molar-refractivity contribution < 1.29 is 24.5 Å². The molecule has 2 atom stereocenters. The maximum Gasteiger partial charge on any atom is 0.305 e. The Balaban J connectivity index is 3.35. The first-order valence-corrected chi connectivity index (χ1v) is 38.4. The fraction of sp³-hybridized carbons (Fsp3) is 0.948. The van der Waals surface area contributed by atoms with Crippen LogP contribution in [0.5, 0.6) is 0 Å². The van der Waals surface area contributed by atoms with Crippen LogP contribution in [0.25, 0.3) is 0 Å². The highest BCUT2D eigenvalue weighted by atomic mass is 16.5. The average molecular weight is 1170 g/mol. The van der Waals surface area contributed by atoms with Crippen LogP contribution in [0.1, 0.15) is 444 Å². The van der Waals surface area contributed by atoms with Crippen LogP contribution in [0, 0.1) is 0 Å². The number of allylic oxidation sites excluding steroid dienone is 2. The van der Waals surface area contributed by atoms with Crippen molar-refractivity contribution in [2.24, 2.45) is 0 Å². The smallest absolute Gasteiger partial charge is 0.305 e. The molecule has 0 aromatic heterocycles. The maximum atomic E-state index is 12.6. The van der Waals surface area contributed by atoms with Crippen LogP contribution in [0.3, 0.4) is 0 Å². The third-order valence-electron chi connectivity index (χ3n) is 18.3. The highest BCUT2D eigenvalue weighted by Gasteiger charge is 2.20. The first-order chi connectivity index (χ1) is 41.0. The van der Waals surface area contributed by atoms with Crippen LogP contribution >= 0.6 is 0 Å². The van der Waals surface area contributed by atoms with Gasteiger partial charge in [-0.25, -0.2) is 0 Å². The topological polar surface area (TPSA) is 95.9 Å². The molecule has 0 aromatic rings. The van der Waals surface area contributed by atoms with Crippen LogP contribution in [-0.2, 0) is 14.3 Å². The predicted octanol–water partition coefficient (Wildman–Crippen LogP) is 25.1. The van der Waals surface area contributed by atoms with E-state index in [1.807, 2.05) is 0 Å². The number of ether oxygens (including phenoxy) is 1. The first-order valence-electron chi connectivity index (χ1n) is 38.4. The third kappa shape index (κ3) is 69.6. The molecule has 0 bridgehead atoms. The monoisotopic (exact) mass is 1170 g/mol. The minimum absolute atomic E-state index is 0.0108. The summed E-state index contributed by atoms with van der Waals surface area (Å²) in [5.74, 6) is -0.0150. The Bertz CT molecular complexity index is 1260. The van der Waals surface area contributed by atoms with E-state index in [-0.39, 0.29) is 18.5 Å². The number of nitrogens with one attached hydrogen (secondary N) is 1. The van der Waals surface area contributed by atoms with E-state index in [1.54, 1.807) is 0 Å². The number of amides is 1. The van der Waals surface area contributed by atoms with Crippen LogP contribution in [0.15, 0.2) is 12.2 Å². The summed E-state index contributed by atoms with van der Waals surface area (Å²) in [4.78, 5) is 24.6. The van der Waals surface area contributed by atoms with Crippen LogP contribution in [0.4, 0.5) is 0 Å². The summed E-state index contributed by atoms with van der Waals surface area (Å²) in [6.07, 6.45) is 91.5. The molecule has 6 nitrogen and oxygen atoms in total. The van der Waals surface area contributed by atoms with Crippen molar-refractivity contribution in [3.8, 4) is 0 Å². The number of carbonyl (C=O) groups excluding carboxylic acids is 2. The van der Waals surface area contributed by atoms with Crippen LogP contribution < -0.4 is 5.32 Å². The van der Waals surface area contributed by atoms with Crippen molar-refractivity contribution in [1.29, 1.82) is 0 Å². The molecule has 0 aromatic carbocycles. The second kappa shape index (κ2) is 73.1. The molecule has 0 saturated carbocycles. The molecule has 1 amide bonds. The molecule has 0 radical (unpaired) electrons. The lowest BCUT2D eigenvalue weighted by Gasteiger charge is -2.22. The molecule has 0 aliphatic rings. The molecule has 3 N–H and O–H groups in total. The van der Waals surface area contributed by atoms with E-state index >= 15 is 0 Å². The molecule has 0 rings (SSSR count). The quantitative estimate of drug-likeness (QED) is 0.0320. The second-order valence-electron chi connectivity index (χ2n) is 26.7. The Labute approximate surface area is 520 Å². The summed E-state index contributed by atoms with van der Waals surface area (Å²) in [6, 6.07) is -0.540. The van der Waals surface area contributed by atoms with Crippen molar-refractivity contribution in [1.82, 2.24) is 5.32 Å². The van der Waals surface area contributed by atoms with Gasteiger partial charge < -0.3 is 20.3 Å². The molecule has 83 heavy (non-hydrogen) atoms.